The van der Waals surface area contributed by atoms with Gasteiger partial charge < -0.3 is 4.43 Å². The molecular weight excluding hydrogens is 212 g/mol. The van der Waals surface area contributed by atoms with Gasteiger partial charge in [0.05, 0.1) is 0 Å². The smallest absolute Gasteiger partial charge is 0.225 e. The molecule has 1 nitrogen and oxygen atoms in total. The molecule has 0 saturated carbocycles. The van der Waals surface area contributed by atoms with E-state index in [9.17, 15) is 0 Å². The third-order valence-electron chi connectivity index (χ3n) is 3.29. The predicted molar refractivity (Wildman–Crippen MR) is 74.6 cm³/mol. The number of hydrogen-bond donors (Lipinski definition) is 0. The standard InChI is InChI=1S/C14H22OSi/c1-6-12-7-9-13(10-8-12)15-16-14(4,5)11(2)3/h6-11H,1,16H2,2-5H3. The fourth-order valence-electron chi connectivity index (χ4n) is 1.14. The number of hydrogen-bond acceptors (Lipinski definition) is 1. The van der Waals surface area contributed by atoms with Crippen LogP contribution in [0.2, 0.25) is 5.04 Å². The predicted octanol–water partition coefficient (Wildman–Crippen LogP) is 3.65. The van der Waals surface area contributed by atoms with Gasteiger partial charge in [-0.25, -0.2) is 0 Å². The Hall–Kier alpha value is -1.02. The van der Waals surface area contributed by atoms with Crippen molar-refractivity contribution in [1.82, 2.24) is 0 Å². The SMILES string of the molecule is C=Cc1ccc(O[SiH2]C(C)(C)C(C)C)cc1. The fraction of sp³-hybridized carbons (Fsp3) is 0.429. The largest absolute Gasteiger partial charge is 0.549 e. The lowest BCUT2D eigenvalue weighted by Crippen LogP contribution is -2.24. The first kappa shape index (κ1) is 13.0. The molecule has 0 radical (unpaired) electrons. The van der Waals surface area contributed by atoms with E-state index in [1.807, 2.05) is 30.3 Å². The summed E-state index contributed by atoms with van der Waals surface area (Å²) in [4.78, 5) is 0. The molecule has 0 unspecified atom stereocenters. The van der Waals surface area contributed by atoms with Gasteiger partial charge in [-0.3, -0.25) is 0 Å². The molecule has 0 N–H and O–H groups in total. The van der Waals surface area contributed by atoms with E-state index in [2.05, 4.69) is 34.3 Å². The van der Waals surface area contributed by atoms with Gasteiger partial charge in [0.1, 0.15) is 5.75 Å². The molecule has 0 atom stereocenters. The summed E-state index contributed by atoms with van der Waals surface area (Å²) in [5, 5.41) is 0.344. The molecule has 1 aromatic carbocycles. The van der Waals surface area contributed by atoms with Crippen LogP contribution in [0.4, 0.5) is 0 Å². The summed E-state index contributed by atoms with van der Waals surface area (Å²) in [5.41, 5.74) is 1.14. The third kappa shape index (κ3) is 3.53. The zero-order valence-electron chi connectivity index (χ0n) is 10.8. The molecule has 0 aliphatic rings. The molecule has 2 heteroatoms. The van der Waals surface area contributed by atoms with Gasteiger partial charge >= 0.3 is 0 Å². The fourth-order valence-corrected chi connectivity index (χ4v) is 2.20. The molecule has 0 saturated heterocycles. The maximum atomic E-state index is 5.94. The Kier molecular flexibility index (Phi) is 4.36. The minimum absolute atomic E-state index is 0.344. The van der Waals surface area contributed by atoms with E-state index >= 15 is 0 Å². The molecule has 0 heterocycles. The van der Waals surface area contributed by atoms with Crippen molar-refractivity contribution >= 4 is 15.8 Å². The highest BCUT2D eigenvalue weighted by atomic mass is 28.2. The number of rotatable bonds is 5. The van der Waals surface area contributed by atoms with Gasteiger partial charge in [0, 0.05) is 0 Å². The Morgan fingerprint density at radius 1 is 1.25 bits per heavy atom. The van der Waals surface area contributed by atoms with E-state index in [1.54, 1.807) is 0 Å². The zero-order chi connectivity index (χ0) is 12.2. The second-order valence-corrected chi connectivity index (χ2v) is 7.60. The van der Waals surface area contributed by atoms with E-state index in [1.165, 1.54) is 0 Å². The zero-order valence-corrected chi connectivity index (χ0v) is 12.2. The van der Waals surface area contributed by atoms with Crippen LogP contribution in [-0.4, -0.2) is 9.76 Å². The topological polar surface area (TPSA) is 9.23 Å². The highest BCUT2D eigenvalue weighted by Gasteiger charge is 2.24. The summed E-state index contributed by atoms with van der Waals surface area (Å²) >= 11 is 0. The average Bonchev–Trinajstić information content (AvgIpc) is 2.27. The van der Waals surface area contributed by atoms with Gasteiger partial charge in [-0.2, -0.15) is 0 Å². The van der Waals surface area contributed by atoms with E-state index < -0.39 is 9.76 Å². The van der Waals surface area contributed by atoms with Crippen LogP contribution in [0.3, 0.4) is 0 Å². The van der Waals surface area contributed by atoms with Crippen LogP contribution in [0.5, 0.6) is 5.75 Å². The summed E-state index contributed by atoms with van der Waals surface area (Å²) in [6, 6.07) is 8.14. The number of benzene rings is 1. The van der Waals surface area contributed by atoms with Crippen LogP contribution < -0.4 is 4.43 Å². The van der Waals surface area contributed by atoms with Crippen molar-refractivity contribution < 1.29 is 4.43 Å². The van der Waals surface area contributed by atoms with Crippen molar-refractivity contribution in [2.24, 2.45) is 5.92 Å². The molecular formula is C14H22OSi. The first-order valence-corrected chi connectivity index (χ1v) is 7.09. The molecule has 16 heavy (non-hydrogen) atoms. The Balaban J connectivity index is 2.58. The Morgan fingerprint density at radius 2 is 1.81 bits per heavy atom. The van der Waals surface area contributed by atoms with Crippen LogP contribution >= 0.6 is 0 Å². The van der Waals surface area contributed by atoms with Gasteiger partial charge in [0.15, 0.2) is 0 Å². The van der Waals surface area contributed by atoms with E-state index in [0.29, 0.717) is 11.0 Å². The third-order valence-corrected chi connectivity index (χ3v) is 5.33. The first-order chi connectivity index (χ1) is 7.45. The van der Waals surface area contributed by atoms with Crippen LogP contribution in [-0.2, 0) is 0 Å². The lowest BCUT2D eigenvalue weighted by molar-refractivity contribution is 0.428. The van der Waals surface area contributed by atoms with Gasteiger partial charge in [-0.15, -0.1) is 0 Å². The average molecular weight is 234 g/mol. The molecule has 88 valence electrons. The molecule has 0 aliphatic heterocycles. The van der Waals surface area contributed by atoms with E-state index in [0.717, 1.165) is 11.3 Å². The Bertz CT molecular complexity index is 338. The highest BCUT2D eigenvalue weighted by molar-refractivity contribution is 6.33. The van der Waals surface area contributed by atoms with E-state index in [4.69, 9.17) is 4.43 Å². The molecule has 0 aromatic heterocycles. The Morgan fingerprint density at radius 3 is 2.25 bits per heavy atom. The van der Waals surface area contributed by atoms with E-state index in [-0.39, 0.29) is 0 Å². The molecule has 0 spiro atoms. The summed E-state index contributed by atoms with van der Waals surface area (Å²) in [6.07, 6.45) is 1.85. The minimum Gasteiger partial charge on any atom is -0.549 e. The lowest BCUT2D eigenvalue weighted by Gasteiger charge is -2.28. The second kappa shape index (κ2) is 5.35. The summed E-state index contributed by atoms with van der Waals surface area (Å²) in [5.74, 6) is 1.66. The quantitative estimate of drug-likeness (QED) is 0.707. The summed E-state index contributed by atoms with van der Waals surface area (Å²) in [6.45, 7) is 12.8. The normalized spacial score (nSPS) is 12.3. The van der Waals surface area contributed by atoms with Crippen molar-refractivity contribution in [3.63, 3.8) is 0 Å². The van der Waals surface area contributed by atoms with Gasteiger partial charge in [-0.05, 0) is 28.7 Å². The molecule has 0 bridgehead atoms. The van der Waals surface area contributed by atoms with Crippen molar-refractivity contribution in [3.05, 3.63) is 36.4 Å². The van der Waals surface area contributed by atoms with Crippen LogP contribution in [0.15, 0.2) is 30.8 Å². The minimum atomic E-state index is -0.551. The van der Waals surface area contributed by atoms with Crippen LogP contribution in [0, 0.1) is 5.92 Å². The maximum absolute atomic E-state index is 5.94. The molecule has 0 fully saturated rings. The van der Waals surface area contributed by atoms with Gasteiger partial charge in [0.2, 0.25) is 9.76 Å². The van der Waals surface area contributed by atoms with Gasteiger partial charge in [0.25, 0.3) is 0 Å². The second-order valence-electron chi connectivity index (χ2n) is 5.21. The monoisotopic (exact) mass is 234 g/mol. The van der Waals surface area contributed by atoms with Crippen molar-refractivity contribution in [1.29, 1.82) is 0 Å². The Labute approximate surface area is 101 Å². The molecule has 0 aliphatic carbocycles. The molecule has 0 amide bonds. The van der Waals surface area contributed by atoms with Crippen LogP contribution in [0.25, 0.3) is 6.08 Å². The molecule has 1 rings (SSSR count). The highest BCUT2D eigenvalue weighted by Crippen LogP contribution is 2.33. The van der Waals surface area contributed by atoms with Crippen molar-refractivity contribution in [2.45, 2.75) is 32.7 Å². The van der Waals surface area contributed by atoms with Crippen molar-refractivity contribution in [2.75, 3.05) is 0 Å². The summed E-state index contributed by atoms with van der Waals surface area (Å²) < 4.78 is 5.94. The molecule has 1 aromatic rings. The summed E-state index contributed by atoms with van der Waals surface area (Å²) in [7, 11) is -0.551. The van der Waals surface area contributed by atoms with Crippen molar-refractivity contribution in [3.8, 4) is 5.75 Å². The van der Waals surface area contributed by atoms with Gasteiger partial charge in [-0.1, -0.05) is 52.5 Å². The lowest BCUT2D eigenvalue weighted by atomic mass is 9.99. The first-order valence-electron chi connectivity index (χ1n) is 5.81. The maximum Gasteiger partial charge on any atom is 0.225 e. The van der Waals surface area contributed by atoms with Crippen LogP contribution in [0.1, 0.15) is 33.3 Å².